The molecule has 1 heterocycles. The fraction of sp³-hybridized carbons (Fsp3) is 0.588. The molecule has 0 radical (unpaired) electrons. The van der Waals surface area contributed by atoms with Gasteiger partial charge in [-0.2, -0.15) is 0 Å². The number of phenolic OH excluding ortho intramolecular Hbond substituents is 1. The molecule has 1 amide bonds. The predicted molar refractivity (Wildman–Crippen MR) is 92.9 cm³/mol. The molecule has 22 heavy (non-hydrogen) atoms. The Morgan fingerprint density at radius 2 is 1.95 bits per heavy atom. The van der Waals surface area contributed by atoms with E-state index in [0.717, 1.165) is 43.4 Å². The maximum atomic E-state index is 12.6. The number of amides is 1. The summed E-state index contributed by atoms with van der Waals surface area (Å²) in [5.41, 5.74) is 2.01. The minimum absolute atomic E-state index is 0. The third-order valence-corrected chi connectivity index (χ3v) is 4.33. The van der Waals surface area contributed by atoms with Crippen molar-refractivity contribution in [1.82, 2.24) is 5.32 Å². The van der Waals surface area contributed by atoms with Gasteiger partial charge in [-0.25, -0.2) is 0 Å². The highest BCUT2D eigenvalue weighted by atomic mass is 35.5. The summed E-state index contributed by atoms with van der Waals surface area (Å²) in [5.74, 6) is 0.111. The maximum Gasteiger partial charge on any atom is 0.249 e. The van der Waals surface area contributed by atoms with Crippen LogP contribution in [0.2, 0.25) is 0 Å². The van der Waals surface area contributed by atoms with E-state index in [1.54, 1.807) is 6.07 Å². The lowest BCUT2D eigenvalue weighted by Crippen LogP contribution is -2.48. The SMILES string of the molecule is CCCCc1ccc(O)c2c1C(CC)(NCCC)C(=O)N2.Cl. The zero-order chi connectivity index (χ0) is 15.5. The van der Waals surface area contributed by atoms with Crippen LogP contribution in [0.25, 0.3) is 0 Å². The minimum atomic E-state index is -0.701. The number of fused-ring (bicyclic) bond motifs is 1. The van der Waals surface area contributed by atoms with Crippen molar-refractivity contribution in [1.29, 1.82) is 0 Å². The van der Waals surface area contributed by atoms with Crippen LogP contribution in [-0.2, 0) is 16.8 Å². The van der Waals surface area contributed by atoms with E-state index in [1.165, 1.54) is 0 Å². The molecule has 5 heteroatoms. The van der Waals surface area contributed by atoms with Gasteiger partial charge >= 0.3 is 0 Å². The lowest BCUT2D eigenvalue weighted by atomic mass is 9.83. The molecule has 0 spiro atoms. The Labute approximate surface area is 139 Å². The monoisotopic (exact) mass is 326 g/mol. The molecule has 1 atom stereocenters. The molecule has 0 aliphatic carbocycles. The minimum Gasteiger partial charge on any atom is -0.506 e. The van der Waals surface area contributed by atoms with Crippen molar-refractivity contribution in [2.75, 3.05) is 11.9 Å². The molecule has 0 fully saturated rings. The van der Waals surface area contributed by atoms with E-state index >= 15 is 0 Å². The molecule has 3 N–H and O–H groups in total. The normalized spacial score (nSPS) is 19.5. The second-order valence-electron chi connectivity index (χ2n) is 5.74. The highest BCUT2D eigenvalue weighted by molar-refractivity contribution is 6.07. The van der Waals surface area contributed by atoms with Crippen LogP contribution in [0.15, 0.2) is 12.1 Å². The Morgan fingerprint density at radius 3 is 2.55 bits per heavy atom. The molecule has 124 valence electrons. The Kier molecular flexibility index (Phi) is 6.69. The number of hydrogen-bond acceptors (Lipinski definition) is 3. The Hall–Kier alpha value is -1.26. The van der Waals surface area contributed by atoms with Crippen LogP contribution in [0.4, 0.5) is 5.69 Å². The second-order valence-corrected chi connectivity index (χ2v) is 5.74. The second kappa shape index (κ2) is 7.84. The number of nitrogens with one attached hydrogen (secondary N) is 2. The Morgan fingerprint density at radius 1 is 1.23 bits per heavy atom. The van der Waals surface area contributed by atoms with Gasteiger partial charge in [0.1, 0.15) is 11.3 Å². The van der Waals surface area contributed by atoms with Crippen molar-refractivity contribution in [2.45, 2.75) is 58.4 Å². The van der Waals surface area contributed by atoms with Crippen LogP contribution in [0, 0.1) is 0 Å². The zero-order valence-corrected chi connectivity index (χ0v) is 14.5. The number of unbranched alkanes of at least 4 members (excludes halogenated alkanes) is 1. The smallest absolute Gasteiger partial charge is 0.249 e. The van der Waals surface area contributed by atoms with E-state index in [9.17, 15) is 9.90 Å². The van der Waals surface area contributed by atoms with Gasteiger partial charge in [-0.1, -0.05) is 33.3 Å². The lowest BCUT2D eigenvalue weighted by molar-refractivity contribution is -0.122. The summed E-state index contributed by atoms with van der Waals surface area (Å²) in [7, 11) is 0. The summed E-state index contributed by atoms with van der Waals surface area (Å²) in [6.45, 7) is 7.05. The number of halogens is 1. The van der Waals surface area contributed by atoms with E-state index in [1.807, 2.05) is 13.0 Å². The van der Waals surface area contributed by atoms with Gasteiger partial charge in [0.05, 0.1) is 5.69 Å². The summed E-state index contributed by atoms with van der Waals surface area (Å²) in [4.78, 5) is 12.6. The van der Waals surface area contributed by atoms with E-state index in [-0.39, 0.29) is 24.1 Å². The Balaban J connectivity index is 0.00000242. The summed E-state index contributed by atoms with van der Waals surface area (Å²) in [5, 5.41) is 16.4. The molecule has 2 rings (SSSR count). The van der Waals surface area contributed by atoms with Crippen LogP contribution in [0.1, 0.15) is 57.6 Å². The number of rotatable bonds is 7. The number of carbonyl (C=O) groups is 1. The number of benzene rings is 1. The first-order valence-corrected chi connectivity index (χ1v) is 8.02. The van der Waals surface area contributed by atoms with Crippen molar-refractivity contribution in [3.8, 4) is 5.75 Å². The molecule has 1 aromatic carbocycles. The van der Waals surface area contributed by atoms with Crippen molar-refractivity contribution >= 4 is 24.0 Å². The molecular weight excluding hydrogens is 300 g/mol. The molecule has 1 aromatic rings. The van der Waals surface area contributed by atoms with Gasteiger partial charge in [-0.3, -0.25) is 10.1 Å². The molecule has 1 aliphatic heterocycles. The summed E-state index contributed by atoms with van der Waals surface area (Å²) >= 11 is 0. The van der Waals surface area contributed by atoms with Crippen molar-refractivity contribution < 1.29 is 9.90 Å². The van der Waals surface area contributed by atoms with Gasteiger partial charge in [0.2, 0.25) is 5.91 Å². The van der Waals surface area contributed by atoms with Crippen LogP contribution in [0.3, 0.4) is 0 Å². The van der Waals surface area contributed by atoms with Gasteiger partial charge in [0.25, 0.3) is 0 Å². The van der Waals surface area contributed by atoms with E-state index in [0.29, 0.717) is 12.1 Å². The van der Waals surface area contributed by atoms with Gasteiger partial charge < -0.3 is 10.4 Å². The summed E-state index contributed by atoms with van der Waals surface area (Å²) < 4.78 is 0. The number of anilines is 1. The van der Waals surface area contributed by atoms with Crippen molar-refractivity contribution in [3.63, 3.8) is 0 Å². The zero-order valence-electron chi connectivity index (χ0n) is 13.7. The van der Waals surface area contributed by atoms with E-state index in [4.69, 9.17) is 0 Å². The fourth-order valence-corrected chi connectivity index (χ4v) is 3.13. The molecule has 1 aliphatic rings. The van der Waals surface area contributed by atoms with E-state index in [2.05, 4.69) is 24.5 Å². The van der Waals surface area contributed by atoms with Crippen LogP contribution in [0.5, 0.6) is 5.75 Å². The van der Waals surface area contributed by atoms with Crippen LogP contribution >= 0.6 is 12.4 Å². The molecule has 0 saturated carbocycles. The Bertz CT molecular complexity index is 534. The number of carbonyl (C=O) groups excluding carboxylic acids is 1. The van der Waals surface area contributed by atoms with Crippen LogP contribution < -0.4 is 10.6 Å². The highest BCUT2D eigenvalue weighted by Gasteiger charge is 2.47. The van der Waals surface area contributed by atoms with Crippen LogP contribution in [-0.4, -0.2) is 17.6 Å². The third-order valence-electron chi connectivity index (χ3n) is 4.33. The molecule has 0 bridgehead atoms. The first-order valence-electron chi connectivity index (χ1n) is 8.02. The quantitative estimate of drug-likeness (QED) is 0.669. The summed E-state index contributed by atoms with van der Waals surface area (Å²) in [6, 6.07) is 3.65. The van der Waals surface area contributed by atoms with Crippen molar-refractivity contribution in [2.24, 2.45) is 0 Å². The lowest BCUT2D eigenvalue weighted by Gasteiger charge is -2.29. The third kappa shape index (κ3) is 3.08. The van der Waals surface area contributed by atoms with Gasteiger partial charge in [0, 0.05) is 5.56 Å². The predicted octanol–water partition coefficient (Wildman–Crippen LogP) is 3.71. The highest BCUT2D eigenvalue weighted by Crippen LogP contribution is 2.45. The standard InChI is InChI=1S/C17H26N2O2.ClH/c1-4-7-8-12-9-10-13(20)15-14(12)17(6-3,16(21)19-15)18-11-5-2;/h9-10,18,20H,4-8,11H2,1-3H3,(H,19,21);1H. The average Bonchev–Trinajstić information content (AvgIpc) is 2.79. The molecule has 0 saturated heterocycles. The first-order chi connectivity index (χ1) is 10.1. The number of aromatic hydroxyl groups is 1. The first kappa shape index (κ1) is 18.8. The average molecular weight is 327 g/mol. The topological polar surface area (TPSA) is 61.4 Å². The van der Waals surface area contributed by atoms with Gasteiger partial charge in [-0.15, -0.1) is 12.4 Å². The van der Waals surface area contributed by atoms with Gasteiger partial charge in [-0.05, 0) is 43.9 Å². The largest absolute Gasteiger partial charge is 0.506 e. The van der Waals surface area contributed by atoms with Crippen molar-refractivity contribution in [3.05, 3.63) is 23.3 Å². The number of phenols is 1. The fourth-order valence-electron chi connectivity index (χ4n) is 3.13. The number of hydrogen-bond donors (Lipinski definition) is 3. The molecular formula is C17H27ClN2O2. The maximum absolute atomic E-state index is 12.6. The van der Waals surface area contributed by atoms with E-state index < -0.39 is 5.54 Å². The molecule has 0 aromatic heterocycles. The molecule has 1 unspecified atom stereocenters. The summed E-state index contributed by atoms with van der Waals surface area (Å²) in [6.07, 6.45) is 4.77. The van der Waals surface area contributed by atoms with Gasteiger partial charge in [0.15, 0.2) is 0 Å². The number of aryl methyl sites for hydroxylation is 1. The molecule has 4 nitrogen and oxygen atoms in total.